The van der Waals surface area contributed by atoms with Gasteiger partial charge in [0.2, 0.25) is 0 Å². The van der Waals surface area contributed by atoms with E-state index in [-0.39, 0.29) is 0 Å². The van der Waals surface area contributed by atoms with Crippen molar-refractivity contribution >= 4 is 17.6 Å². The quantitative estimate of drug-likeness (QED) is 0.599. The van der Waals surface area contributed by atoms with Crippen LogP contribution in [-0.4, -0.2) is 6.21 Å². The van der Waals surface area contributed by atoms with Crippen LogP contribution >= 0.6 is 0 Å². The van der Waals surface area contributed by atoms with Crippen LogP contribution in [-0.2, 0) is 0 Å². The van der Waals surface area contributed by atoms with Crippen molar-refractivity contribution in [3.05, 3.63) is 59.7 Å². The van der Waals surface area contributed by atoms with Crippen LogP contribution in [0.25, 0.3) is 0 Å². The molecule has 0 radical (unpaired) electrons. The Morgan fingerprint density at radius 2 is 1.81 bits per heavy atom. The number of aryl methyl sites for hydroxylation is 1. The number of hydrogen-bond acceptors (Lipinski definition) is 2. The molecule has 2 aromatic rings. The highest BCUT2D eigenvalue weighted by Gasteiger charge is 1.95. The Labute approximate surface area is 95.5 Å². The second-order valence-corrected chi connectivity index (χ2v) is 3.73. The van der Waals surface area contributed by atoms with E-state index in [0.29, 0.717) is 5.69 Å². The first-order chi connectivity index (χ1) is 7.75. The van der Waals surface area contributed by atoms with E-state index in [1.54, 1.807) is 0 Å². The number of aliphatic imine (C=N–C) groups is 1. The molecule has 2 rings (SSSR count). The number of nitrogens with two attached hydrogens (primary N) is 1. The summed E-state index contributed by atoms with van der Waals surface area (Å²) in [5.74, 6) is 0. The maximum atomic E-state index is 5.84. The first kappa shape index (κ1) is 10.4. The highest BCUT2D eigenvalue weighted by molar-refractivity contribution is 5.83. The summed E-state index contributed by atoms with van der Waals surface area (Å²) >= 11 is 0. The number of rotatable bonds is 2. The lowest BCUT2D eigenvalue weighted by Gasteiger charge is -2.00. The van der Waals surface area contributed by atoms with Crippen LogP contribution in [0.1, 0.15) is 11.1 Å². The van der Waals surface area contributed by atoms with E-state index in [2.05, 4.69) is 4.99 Å². The molecule has 0 aliphatic carbocycles. The first-order valence-electron chi connectivity index (χ1n) is 5.21. The fraction of sp³-hybridized carbons (Fsp3) is 0.0714. The zero-order valence-corrected chi connectivity index (χ0v) is 9.22. The lowest BCUT2D eigenvalue weighted by Crippen LogP contribution is -1.86. The van der Waals surface area contributed by atoms with E-state index in [4.69, 9.17) is 5.73 Å². The normalized spacial score (nSPS) is 10.8. The van der Waals surface area contributed by atoms with Gasteiger partial charge in [0.1, 0.15) is 0 Å². The Balaban J connectivity index is 2.27. The van der Waals surface area contributed by atoms with Gasteiger partial charge in [0.25, 0.3) is 0 Å². The van der Waals surface area contributed by atoms with Crippen LogP contribution in [0.2, 0.25) is 0 Å². The van der Waals surface area contributed by atoms with Crippen molar-refractivity contribution in [2.24, 2.45) is 4.99 Å². The van der Waals surface area contributed by atoms with Crippen molar-refractivity contribution in [2.75, 3.05) is 5.73 Å². The van der Waals surface area contributed by atoms with E-state index < -0.39 is 0 Å². The average molecular weight is 210 g/mol. The zero-order valence-electron chi connectivity index (χ0n) is 9.22. The summed E-state index contributed by atoms with van der Waals surface area (Å²) in [4.78, 5) is 4.39. The Morgan fingerprint density at radius 1 is 1.06 bits per heavy atom. The van der Waals surface area contributed by atoms with E-state index in [1.165, 1.54) is 0 Å². The van der Waals surface area contributed by atoms with Crippen LogP contribution in [0, 0.1) is 6.92 Å². The molecule has 0 atom stereocenters. The third-order valence-corrected chi connectivity index (χ3v) is 2.34. The first-order valence-corrected chi connectivity index (χ1v) is 5.21. The maximum Gasteiger partial charge on any atom is 0.0861 e. The van der Waals surface area contributed by atoms with Crippen molar-refractivity contribution < 1.29 is 0 Å². The van der Waals surface area contributed by atoms with Crippen molar-refractivity contribution in [3.63, 3.8) is 0 Å². The van der Waals surface area contributed by atoms with Crippen LogP contribution < -0.4 is 5.73 Å². The summed E-state index contributed by atoms with van der Waals surface area (Å²) in [5.41, 5.74) is 9.60. The summed E-state index contributed by atoms with van der Waals surface area (Å²) in [6.45, 7) is 2.03. The molecule has 0 saturated carbocycles. The van der Waals surface area contributed by atoms with Crippen LogP contribution in [0.3, 0.4) is 0 Å². The van der Waals surface area contributed by atoms with Crippen molar-refractivity contribution in [2.45, 2.75) is 6.92 Å². The number of benzene rings is 2. The standard InChI is InChI=1S/C14H14N2/c1-11-7-8-13(15)14(9-11)16-10-12-5-3-2-4-6-12/h2-10H,15H2,1H3. The minimum atomic E-state index is 0.706. The molecule has 2 nitrogen and oxygen atoms in total. The molecule has 80 valence electrons. The summed E-state index contributed by atoms with van der Waals surface area (Å²) in [7, 11) is 0. The Morgan fingerprint density at radius 3 is 2.56 bits per heavy atom. The average Bonchev–Trinajstić information content (AvgIpc) is 2.32. The highest BCUT2D eigenvalue weighted by atomic mass is 14.8. The fourth-order valence-corrected chi connectivity index (χ4v) is 1.45. The van der Waals surface area contributed by atoms with Crippen molar-refractivity contribution in [3.8, 4) is 0 Å². The Bertz CT molecular complexity index is 501. The molecule has 0 fully saturated rings. The summed E-state index contributed by atoms with van der Waals surface area (Å²) in [5, 5.41) is 0. The van der Waals surface area contributed by atoms with Gasteiger partial charge in [-0.3, -0.25) is 4.99 Å². The van der Waals surface area contributed by atoms with Crippen molar-refractivity contribution in [1.82, 2.24) is 0 Å². The summed E-state index contributed by atoms with van der Waals surface area (Å²) in [6, 6.07) is 15.8. The molecule has 0 unspecified atom stereocenters. The smallest absolute Gasteiger partial charge is 0.0861 e. The lowest BCUT2D eigenvalue weighted by molar-refractivity contribution is 1.43. The molecule has 0 spiro atoms. The Kier molecular flexibility index (Phi) is 3.01. The molecule has 0 heterocycles. The monoisotopic (exact) mass is 210 g/mol. The molecule has 2 heteroatoms. The van der Waals surface area contributed by atoms with Gasteiger partial charge in [-0.1, -0.05) is 36.4 Å². The minimum Gasteiger partial charge on any atom is -0.397 e. The number of hydrogen-bond donors (Lipinski definition) is 1. The van der Waals surface area contributed by atoms with Crippen LogP contribution in [0.4, 0.5) is 11.4 Å². The molecule has 0 aliphatic heterocycles. The van der Waals surface area contributed by atoms with Crippen LogP contribution in [0.15, 0.2) is 53.5 Å². The molecule has 16 heavy (non-hydrogen) atoms. The number of nitrogens with zero attached hydrogens (tertiary/aromatic N) is 1. The second-order valence-electron chi connectivity index (χ2n) is 3.73. The number of nitrogen functional groups attached to an aromatic ring is 1. The molecule has 2 N–H and O–H groups in total. The van der Waals surface area contributed by atoms with Gasteiger partial charge in [0.15, 0.2) is 0 Å². The molecule has 0 saturated heterocycles. The van der Waals surface area contributed by atoms with E-state index in [0.717, 1.165) is 16.8 Å². The molecule has 0 aliphatic rings. The maximum absolute atomic E-state index is 5.84. The second kappa shape index (κ2) is 4.62. The van der Waals surface area contributed by atoms with Gasteiger partial charge in [-0.2, -0.15) is 0 Å². The molecule has 2 aromatic carbocycles. The lowest BCUT2D eigenvalue weighted by atomic mass is 10.2. The third kappa shape index (κ3) is 2.48. The molecular formula is C14H14N2. The zero-order chi connectivity index (χ0) is 11.4. The summed E-state index contributed by atoms with van der Waals surface area (Å²) in [6.07, 6.45) is 1.82. The van der Waals surface area contributed by atoms with Gasteiger partial charge < -0.3 is 5.73 Å². The van der Waals surface area contributed by atoms with Gasteiger partial charge in [-0.25, -0.2) is 0 Å². The largest absolute Gasteiger partial charge is 0.397 e. The predicted octanol–water partition coefficient (Wildman–Crippen LogP) is 3.33. The van der Waals surface area contributed by atoms with Gasteiger partial charge in [0, 0.05) is 6.21 Å². The molecule has 0 bridgehead atoms. The SMILES string of the molecule is Cc1ccc(N)c(N=Cc2ccccc2)c1. The van der Waals surface area contributed by atoms with Crippen LogP contribution in [0.5, 0.6) is 0 Å². The minimum absolute atomic E-state index is 0.706. The van der Waals surface area contributed by atoms with E-state index in [9.17, 15) is 0 Å². The molecule has 0 amide bonds. The van der Waals surface area contributed by atoms with Gasteiger partial charge in [-0.05, 0) is 30.2 Å². The van der Waals surface area contributed by atoms with Crippen molar-refractivity contribution in [1.29, 1.82) is 0 Å². The predicted molar refractivity (Wildman–Crippen MR) is 69.3 cm³/mol. The Hall–Kier alpha value is -2.09. The van der Waals surface area contributed by atoms with E-state index >= 15 is 0 Å². The van der Waals surface area contributed by atoms with Gasteiger partial charge in [0.05, 0.1) is 11.4 Å². The molecule has 0 aromatic heterocycles. The van der Waals surface area contributed by atoms with Gasteiger partial charge in [-0.15, -0.1) is 0 Å². The number of anilines is 1. The summed E-state index contributed by atoms with van der Waals surface area (Å²) < 4.78 is 0. The van der Waals surface area contributed by atoms with E-state index in [1.807, 2.05) is 61.7 Å². The highest BCUT2D eigenvalue weighted by Crippen LogP contribution is 2.22. The fourth-order valence-electron chi connectivity index (χ4n) is 1.45. The topological polar surface area (TPSA) is 38.4 Å². The third-order valence-electron chi connectivity index (χ3n) is 2.34. The molecular weight excluding hydrogens is 196 g/mol. The van der Waals surface area contributed by atoms with Gasteiger partial charge >= 0.3 is 0 Å².